The van der Waals surface area contributed by atoms with Gasteiger partial charge in [0.25, 0.3) is 0 Å². The molecule has 0 atom stereocenters. The molecular formula is C13H15N3O4. The quantitative estimate of drug-likeness (QED) is 0.879. The molecule has 2 rings (SSSR count). The molecule has 0 saturated carbocycles. The summed E-state index contributed by atoms with van der Waals surface area (Å²) < 4.78 is 6.61. The minimum Gasteiger partial charge on any atom is -0.478 e. The third-order valence-corrected chi connectivity index (χ3v) is 2.40. The lowest BCUT2D eigenvalue weighted by atomic mass is 10.2. The molecule has 0 bridgehead atoms. The van der Waals surface area contributed by atoms with Crippen LogP contribution in [0, 0.1) is 0 Å². The molecule has 0 aromatic carbocycles. The van der Waals surface area contributed by atoms with Crippen molar-refractivity contribution in [2.24, 2.45) is 0 Å². The van der Waals surface area contributed by atoms with Crippen molar-refractivity contribution in [3.8, 4) is 0 Å². The van der Waals surface area contributed by atoms with Gasteiger partial charge < -0.3 is 9.84 Å². The number of carboxylic acids is 1. The molecule has 0 aliphatic carbocycles. The summed E-state index contributed by atoms with van der Waals surface area (Å²) in [5, 5.41) is 15.5. The standard InChI is InChI=1S/C13H15N3O4/c1-13(2,3)20-12(19)15-9-7-14-16-5-4-8(11(17)18)6-10(9)16/h4-7H,1-3H3,(H,15,19)(H,17,18). The Morgan fingerprint density at radius 2 is 2.10 bits per heavy atom. The van der Waals surface area contributed by atoms with Crippen LogP contribution in [0.1, 0.15) is 31.1 Å². The van der Waals surface area contributed by atoms with E-state index in [1.54, 1.807) is 20.8 Å². The maximum Gasteiger partial charge on any atom is 0.412 e. The second-order valence-corrected chi connectivity index (χ2v) is 5.24. The fraction of sp³-hybridized carbons (Fsp3) is 0.308. The number of fused-ring (bicyclic) bond motifs is 1. The third-order valence-electron chi connectivity index (χ3n) is 2.40. The van der Waals surface area contributed by atoms with Gasteiger partial charge in [-0.2, -0.15) is 5.10 Å². The number of ether oxygens (including phenoxy) is 1. The molecule has 2 aromatic rings. The number of aromatic carboxylic acids is 1. The third kappa shape index (κ3) is 3.05. The van der Waals surface area contributed by atoms with Gasteiger partial charge in [0.2, 0.25) is 0 Å². The minimum atomic E-state index is -1.04. The van der Waals surface area contributed by atoms with Gasteiger partial charge in [-0.05, 0) is 32.9 Å². The van der Waals surface area contributed by atoms with E-state index in [4.69, 9.17) is 9.84 Å². The van der Waals surface area contributed by atoms with Crippen LogP contribution in [-0.2, 0) is 4.74 Å². The predicted molar refractivity (Wildman–Crippen MR) is 72.0 cm³/mol. The molecule has 2 N–H and O–H groups in total. The first-order valence-electron chi connectivity index (χ1n) is 5.97. The van der Waals surface area contributed by atoms with Gasteiger partial charge >= 0.3 is 12.1 Å². The van der Waals surface area contributed by atoms with E-state index in [2.05, 4.69) is 10.4 Å². The van der Waals surface area contributed by atoms with Crippen LogP contribution in [0.2, 0.25) is 0 Å². The van der Waals surface area contributed by atoms with E-state index in [1.165, 1.54) is 29.0 Å². The highest BCUT2D eigenvalue weighted by molar-refractivity contribution is 5.94. The SMILES string of the molecule is CC(C)(C)OC(=O)Nc1cnn2ccc(C(=O)O)cc12. The number of anilines is 1. The summed E-state index contributed by atoms with van der Waals surface area (Å²) in [5.74, 6) is -1.04. The van der Waals surface area contributed by atoms with E-state index in [9.17, 15) is 9.59 Å². The molecule has 0 spiro atoms. The molecule has 0 fully saturated rings. The number of carbonyl (C=O) groups is 2. The van der Waals surface area contributed by atoms with E-state index in [0.29, 0.717) is 11.2 Å². The van der Waals surface area contributed by atoms with Crippen LogP contribution in [0.4, 0.5) is 10.5 Å². The number of nitrogens with one attached hydrogen (secondary N) is 1. The number of hydrogen-bond acceptors (Lipinski definition) is 4. The Hall–Kier alpha value is -2.57. The molecule has 0 aliphatic rings. The average Bonchev–Trinajstić information content (AvgIpc) is 2.69. The lowest BCUT2D eigenvalue weighted by Gasteiger charge is -2.19. The van der Waals surface area contributed by atoms with Crippen LogP contribution in [0.5, 0.6) is 0 Å². The summed E-state index contributed by atoms with van der Waals surface area (Å²) >= 11 is 0. The number of carbonyl (C=O) groups excluding carboxylic acids is 1. The topological polar surface area (TPSA) is 92.9 Å². The maximum absolute atomic E-state index is 11.7. The van der Waals surface area contributed by atoms with Crippen LogP contribution in [0.3, 0.4) is 0 Å². The van der Waals surface area contributed by atoms with Gasteiger partial charge in [-0.25, -0.2) is 14.1 Å². The predicted octanol–water partition coefficient (Wildman–Crippen LogP) is 2.38. The Morgan fingerprint density at radius 3 is 2.70 bits per heavy atom. The van der Waals surface area contributed by atoms with E-state index >= 15 is 0 Å². The second kappa shape index (κ2) is 4.84. The van der Waals surface area contributed by atoms with Crippen molar-refractivity contribution in [3.63, 3.8) is 0 Å². The molecule has 106 valence electrons. The Kier molecular flexibility index (Phi) is 3.35. The van der Waals surface area contributed by atoms with Gasteiger partial charge in [-0.15, -0.1) is 0 Å². The van der Waals surface area contributed by atoms with Crippen LogP contribution >= 0.6 is 0 Å². The normalized spacial score (nSPS) is 11.3. The molecule has 7 heteroatoms. The Morgan fingerprint density at radius 1 is 1.40 bits per heavy atom. The van der Waals surface area contributed by atoms with Crippen molar-refractivity contribution in [2.75, 3.05) is 5.32 Å². The smallest absolute Gasteiger partial charge is 0.412 e. The van der Waals surface area contributed by atoms with Crippen molar-refractivity contribution >= 4 is 23.3 Å². The number of carboxylic acid groups (broad SMARTS) is 1. The molecule has 20 heavy (non-hydrogen) atoms. The van der Waals surface area contributed by atoms with Crippen LogP contribution in [-0.4, -0.2) is 32.4 Å². The number of pyridine rings is 1. The van der Waals surface area contributed by atoms with E-state index in [0.717, 1.165) is 0 Å². The average molecular weight is 277 g/mol. The Labute approximate surface area is 115 Å². The highest BCUT2D eigenvalue weighted by atomic mass is 16.6. The molecule has 7 nitrogen and oxygen atoms in total. The number of nitrogens with zero attached hydrogens (tertiary/aromatic N) is 2. The zero-order valence-corrected chi connectivity index (χ0v) is 11.4. The zero-order chi connectivity index (χ0) is 14.9. The Bertz CT molecular complexity index is 670. The summed E-state index contributed by atoms with van der Waals surface area (Å²) in [5.41, 5.74) is 0.377. The molecule has 0 radical (unpaired) electrons. The zero-order valence-electron chi connectivity index (χ0n) is 11.4. The number of hydrogen-bond donors (Lipinski definition) is 2. The van der Waals surface area contributed by atoms with Crippen molar-refractivity contribution in [1.29, 1.82) is 0 Å². The molecular weight excluding hydrogens is 262 g/mol. The van der Waals surface area contributed by atoms with Gasteiger partial charge in [-0.3, -0.25) is 5.32 Å². The lowest BCUT2D eigenvalue weighted by molar-refractivity contribution is 0.0634. The second-order valence-electron chi connectivity index (χ2n) is 5.24. The summed E-state index contributed by atoms with van der Waals surface area (Å²) in [6.45, 7) is 5.27. The molecule has 2 aromatic heterocycles. The first kappa shape index (κ1) is 13.9. The van der Waals surface area contributed by atoms with Crippen molar-refractivity contribution in [3.05, 3.63) is 30.1 Å². The summed E-state index contributed by atoms with van der Waals surface area (Å²) in [4.78, 5) is 22.6. The van der Waals surface area contributed by atoms with Crippen LogP contribution in [0.25, 0.3) is 5.52 Å². The minimum absolute atomic E-state index is 0.116. The molecule has 2 heterocycles. The van der Waals surface area contributed by atoms with Crippen molar-refractivity contribution in [1.82, 2.24) is 9.61 Å². The molecule has 0 aliphatic heterocycles. The van der Waals surface area contributed by atoms with Crippen molar-refractivity contribution < 1.29 is 19.4 Å². The molecule has 0 saturated heterocycles. The maximum atomic E-state index is 11.7. The van der Waals surface area contributed by atoms with E-state index in [-0.39, 0.29) is 5.56 Å². The first-order chi connectivity index (χ1) is 9.26. The fourth-order valence-corrected chi connectivity index (χ4v) is 1.62. The highest BCUT2D eigenvalue weighted by Crippen LogP contribution is 2.19. The monoisotopic (exact) mass is 277 g/mol. The highest BCUT2D eigenvalue weighted by Gasteiger charge is 2.18. The van der Waals surface area contributed by atoms with Crippen molar-refractivity contribution in [2.45, 2.75) is 26.4 Å². The molecule has 0 unspecified atom stereocenters. The van der Waals surface area contributed by atoms with E-state index < -0.39 is 17.7 Å². The molecule has 1 amide bonds. The first-order valence-corrected chi connectivity index (χ1v) is 5.97. The largest absolute Gasteiger partial charge is 0.478 e. The lowest BCUT2D eigenvalue weighted by Crippen LogP contribution is -2.27. The van der Waals surface area contributed by atoms with Gasteiger partial charge in [0, 0.05) is 6.20 Å². The number of rotatable bonds is 2. The van der Waals surface area contributed by atoms with Gasteiger partial charge in [0.1, 0.15) is 5.60 Å². The van der Waals surface area contributed by atoms with Gasteiger partial charge in [0.15, 0.2) is 0 Å². The van der Waals surface area contributed by atoms with Crippen LogP contribution in [0.15, 0.2) is 24.5 Å². The van der Waals surface area contributed by atoms with E-state index in [1.807, 2.05) is 0 Å². The number of aromatic nitrogens is 2. The van der Waals surface area contributed by atoms with Gasteiger partial charge in [0.05, 0.1) is 23.0 Å². The summed E-state index contributed by atoms with van der Waals surface area (Å²) in [7, 11) is 0. The van der Waals surface area contributed by atoms with Gasteiger partial charge in [-0.1, -0.05) is 0 Å². The number of amides is 1. The summed E-state index contributed by atoms with van der Waals surface area (Å²) in [6.07, 6.45) is 2.33. The summed E-state index contributed by atoms with van der Waals surface area (Å²) in [6, 6.07) is 2.86. The fourth-order valence-electron chi connectivity index (χ4n) is 1.62. The van der Waals surface area contributed by atoms with Crippen LogP contribution < -0.4 is 5.32 Å². The Balaban J connectivity index is 2.28.